The summed E-state index contributed by atoms with van der Waals surface area (Å²) in [4.78, 5) is 9.54. The van der Waals surface area contributed by atoms with Crippen molar-refractivity contribution in [2.45, 2.75) is 58.4 Å². The molecule has 2 rings (SSSR count). The molecule has 25 heavy (non-hydrogen) atoms. The number of aliphatic imine (C=N–C) groups is 1. The number of guanidine groups is 1. The van der Waals surface area contributed by atoms with Crippen LogP contribution in [0.3, 0.4) is 0 Å². The van der Waals surface area contributed by atoms with Crippen LogP contribution in [0.15, 0.2) is 4.99 Å². The van der Waals surface area contributed by atoms with Crippen LogP contribution >= 0.6 is 24.0 Å². The molecule has 0 amide bonds. The van der Waals surface area contributed by atoms with E-state index in [9.17, 15) is 0 Å². The van der Waals surface area contributed by atoms with Gasteiger partial charge in [0.2, 0.25) is 0 Å². The SMILES string of the molecule is CCN1CCN(CCCCNC(=NC)NC2CCC(C)CC2)CC1.I. The van der Waals surface area contributed by atoms with Gasteiger partial charge in [-0.1, -0.05) is 13.8 Å². The molecule has 0 bridgehead atoms. The number of hydrogen-bond acceptors (Lipinski definition) is 3. The topological polar surface area (TPSA) is 42.9 Å². The van der Waals surface area contributed by atoms with Crippen LogP contribution in [-0.2, 0) is 0 Å². The van der Waals surface area contributed by atoms with Gasteiger partial charge < -0.3 is 20.4 Å². The number of nitrogens with zero attached hydrogens (tertiary/aromatic N) is 3. The van der Waals surface area contributed by atoms with Crippen LogP contribution in [0.1, 0.15) is 52.4 Å². The minimum Gasteiger partial charge on any atom is -0.356 e. The van der Waals surface area contributed by atoms with Crippen LogP contribution in [0.2, 0.25) is 0 Å². The van der Waals surface area contributed by atoms with Gasteiger partial charge in [-0.2, -0.15) is 0 Å². The number of piperazine rings is 1. The van der Waals surface area contributed by atoms with E-state index in [0.717, 1.165) is 18.4 Å². The fraction of sp³-hybridized carbons (Fsp3) is 0.947. The largest absolute Gasteiger partial charge is 0.356 e. The molecule has 0 atom stereocenters. The van der Waals surface area contributed by atoms with E-state index in [-0.39, 0.29) is 24.0 Å². The Bertz CT molecular complexity index is 361. The highest BCUT2D eigenvalue weighted by molar-refractivity contribution is 14.0. The van der Waals surface area contributed by atoms with Crippen molar-refractivity contribution in [2.24, 2.45) is 10.9 Å². The predicted octanol–water partition coefficient (Wildman–Crippen LogP) is 2.77. The summed E-state index contributed by atoms with van der Waals surface area (Å²) < 4.78 is 0. The Labute approximate surface area is 172 Å². The summed E-state index contributed by atoms with van der Waals surface area (Å²) >= 11 is 0. The van der Waals surface area contributed by atoms with Crippen molar-refractivity contribution in [2.75, 3.05) is 52.9 Å². The van der Waals surface area contributed by atoms with Gasteiger partial charge in [0.15, 0.2) is 5.96 Å². The maximum atomic E-state index is 4.38. The second-order valence-corrected chi connectivity index (χ2v) is 7.58. The second-order valence-electron chi connectivity index (χ2n) is 7.58. The number of unbranched alkanes of at least 4 members (excludes halogenated alkanes) is 1. The molecule has 1 saturated carbocycles. The predicted molar refractivity (Wildman–Crippen MR) is 119 cm³/mol. The Kier molecular flexibility index (Phi) is 12.1. The summed E-state index contributed by atoms with van der Waals surface area (Å²) in [6.45, 7) is 13.1. The monoisotopic (exact) mass is 465 g/mol. The first-order valence-electron chi connectivity index (χ1n) is 10.1. The van der Waals surface area contributed by atoms with E-state index in [1.165, 1.54) is 77.8 Å². The minimum absolute atomic E-state index is 0. The van der Waals surface area contributed by atoms with Crippen molar-refractivity contribution in [3.05, 3.63) is 0 Å². The molecule has 0 unspecified atom stereocenters. The fourth-order valence-electron chi connectivity index (χ4n) is 3.79. The third-order valence-corrected chi connectivity index (χ3v) is 5.69. The van der Waals surface area contributed by atoms with Crippen molar-refractivity contribution >= 4 is 29.9 Å². The molecule has 148 valence electrons. The van der Waals surface area contributed by atoms with Crippen LogP contribution in [0.25, 0.3) is 0 Å². The molecular weight excluding hydrogens is 425 g/mol. The fourth-order valence-corrected chi connectivity index (χ4v) is 3.79. The van der Waals surface area contributed by atoms with E-state index in [1.807, 2.05) is 7.05 Å². The summed E-state index contributed by atoms with van der Waals surface area (Å²) in [7, 11) is 1.88. The summed E-state index contributed by atoms with van der Waals surface area (Å²) in [6.07, 6.45) is 7.75. The molecule has 0 aromatic heterocycles. The summed E-state index contributed by atoms with van der Waals surface area (Å²) in [6, 6.07) is 0.613. The number of hydrogen-bond donors (Lipinski definition) is 2. The van der Waals surface area contributed by atoms with Gasteiger partial charge in [-0.25, -0.2) is 0 Å². The molecule has 0 radical (unpaired) electrons. The van der Waals surface area contributed by atoms with E-state index in [1.54, 1.807) is 0 Å². The smallest absolute Gasteiger partial charge is 0.191 e. The normalized spacial score (nSPS) is 26.1. The molecule has 2 aliphatic rings. The Morgan fingerprint density at radius 3 is 2.24 bits per heavy atom. The van der Waals surface area contributed by atoms with Crippen LogP contribution in [0.4, 0.5) is 0 Å². The minimum atomic E-state index is 0. The zero-order valence-corrected chi connectivity index (χ0v) is 18.9. The van der Waals surface area contributed by atoms with E-state index >= 15 is 0 Å². The molecule has 1 aliphatic carbocycles. The van der Waals surface area contributed by atoms with Gasteiger partial charge in [0.05, 0.1) is 0 Å². The molecule has 1 aliphatic heterocycles. The Balaban J connectivity index is 0.00000312. The highest BCUT2D eigenvalue weighted by Gasteiger charge is 2.19. The maximum Gasteiger partial charge on any atom is 0.191 e. The van der Waals surface area contributed by atoms with Gasteiger partial charge in [-0.05, 0) is 57.5 Å². The first-order valence-corrected chi connectivity index (χ1v) is 10.1. The average molecular weight is 465 g/mol. The molecule has 0 spiro atoms. The molecule has 0 aromatic carbocycles. The van der Waals surface area contributed by atoms with Crippen molar-refractivity contribution in [1.29, 1.82) is 0 Å². The zero-order chi connectivity index (χ0) is 17.2. The van der Waals surface area contributed by atoms with Gasteiger partial charge in [0.1, 0.15) is 0 Å². The van der Waals surface area contributed by atoms with Crippen LogP contribution < -0.4 is 10.6 Å². The van der Waals surface area contributed by atoms with Crippen LogP contribution in [0.5, 0.6) is 0 Å². The van der Waals surface area contributed by atoms with Crippen LogP contribution in [0, 0.1) is 5.92 Å². The van der Waals surface area contributed by atoms with Crippen molar-refractivity contribution in [3.63, 3.8) is 0 Å². The Hall–Kier alpha value is -0.0800. The van der Waals surface area contributed by atoms with Crippen molar-refractivity contribution < 1.29 is 0 Å². The highest BCUT2D eigenvalue weighted by atomic mass is 127. The molecule has 0 aromatic rings. The van der Waals surface area contributed by atoms with E-state index < -0.39 is 0 Å². The lowest BCUT2D eigenvalue weighted by Gasteiger charge is -2.34. The quantitative estimate of drug-likeness (QED) is 0.263. The van der Waals surface area contributed by atoms with Gasteiger partial charge >= 0.3 is 0 Å². The number of likely N-dealkylation sites (N-methyl/N-ethyl adjacent to an activating group) is 1. The second kappa shape index (κ2) is 13.1. The first kappa shape index (κ1) is 23.0. The molecule has 6 heteroatoms. The average Bonchev–Trinajstić information content (AvgIpc) is 2.62. The standard InChI is InChI=1S/C19H39N5.HI/c1-4-23-13-15-24(16-14-23)12-6-5-11-21-19(20-3)22-18-9-7-17(2)8-10-18;/h17-18H,4-16H2,1-3H3,(H2,20,21,22);1H. The number of nitrogens with one attached hydrogen (secondary N) is 2. The first-order chi connectivity index (χ1) is 11.7. The third-order valence-electron chi connectivity index (χ3n) is 5.69. The molecule has 2 fully saturated rings. The van der Waals surface area contributed by atoms with Gasteiger partial charge in [-0.3, -0.25) is 4.99 Å². The lowest BCUT2D eigenvalue weighted by atomic mass is 9.87. The molecule has 1 saturated heterocycles. The van der Waals surface area contributed by atoms with Crippen molar-refractivity contribution in [3.8, 4) is 0 Å². The lowest BCUT2D eigenvalue weighted by Crippen LogP contribution is -2.46. The van der Waals surface area contributed by atoms with Gasteiger partial charge in [0.25, 0.3) is 0 Å². The summed E-state index contributed by atoms with van der Waals surface area (Å²) in [5.41, 5.74) is 0. The van der Waals surface area contributed by atoms with E-state index in [4.69, 9.17) is 0 Å². The highest BCUT2D eigenvalue weighted by Crippen LogP contribution is 2.23. The molecular formula is C19H40IN5. The number of halogens is 1. The van der Waals surface area contributed by atoms with Crippen molar-refractivity contribution in [1.82, 2.24) is 20.4 Å². The molecule has 2 N–H and O–H groups in total. The summed E-state index contributed by atoms with van der Waals surface area (Å²) in [5, 5.41) is 7.09. The van der Waals surface area contributed by atoms with Gasteiger partial charge in [-0.15, -0.1) is 24.0 Å². The summed E-state index contributed by atoms with van der Waals surface area (Å²) in [5.74, 6) is 1.89. The maximum absolute atomic E-state index is 4.38. The lowest BCUT2D eigenvalue weighted by molar-refractivity contribution is 0.136. The van der Waals surface area contributed by atoms with E-state index in [0.29, 0.717) is 6.04 Å². The molecule has 5 nitrogen and oxygen atoms in total. The Morgan fingerprint density at radius 1 is 1.00 bits per heavy atom. The van der Waals surface area contributed by atoms with Gasteiger partial charge in [0, 0.05) is 45.8 Å². The molecule has 1 heterocycles. The Morgan fingerprint density at radius 2 is 1.64 bits per heavy atom. The zero-order valence-electron chi connectivity index (χ0n) is 16.6. The third kappa shape index (κ3) is 8.91. The van der Waals surface area contributed by atoms with Crippen LogP contribution in [-0.4, -0.2) is 74.7 Å². The number of rotatable bonds is 7. The van der Waals surface area contributed by atoms with E-state index in [2.05, 4.69) is 39.3 Å².